The molecule has 0 fully saturated rings. The van der Waals surface area contributed by atoms with Crippen LogP contribution in [-0.4, -0.2) is 22.2 Å². The Morgan fingerprint density at radius 1 is 0.778 bits per heavy atom. The highest BCUT2D eigenvalue weighted by atomic mass is 28.4. The first-order chi connectivity index (χ1) is 3.89. The summed E-state index contributed by atoms with van der Waals surface area (Å²) in [5.74, 6) is 0. The summed E-state index contributed by atoms with van der Waals surface area (Å²) in [5, 5.41) is 0. The largest absolute Gasteiger partial charge is 0.586 e. The lowest BCUT2D eigenvalue weighted by atomic mass is 10.5. The highest BCUT2D eigenvalue weighted by molar-refractivity contribution is 7.48. The van der Waals surface area contributed by atoms with Gasteiger partial charge in [-0.3, -0.25) is 25.5 Å². The van der Waals surface area contributed by atoms with E-state index in [0.717, 1.165) is 0 Å². The van der Waals surface area contributed by atoms with Gasteiger partial charge in [0.1, 0.15) is 0 Å². The third-order valence-corrected chi connectivity index (χ3v) is 1.75. The van der Waals surface area contributed by atoms with Gasteiger partial charge in [0.05, 0.1) is 0 Å². The normalized spacial score (nSPS) is 11.3. The maximum atomic E-state index is 11.3. The summed E-state index contributed by atoms with van der Waals surface area (Å²) in [4.78, 5) is 0. The van der Waals surface area contributed by atoms with Gasteiger partial charge in [-0.15, -0.1) is 0 Å². The standard InChI is InChI=1S/B2F6Si/c3-1(4)9(7,8)2(5)6. The zero-order chi connectivity index (χ0) is 7.65. The van der Waals surface area contributed by atoms with Crippen LogP contribution in [0.1, 0.15) is 0 Å². The Kier molecular flexibility index (Phi) is 2.65. The second-order valence-electron chi connectivity index (χ2n) is 1.28. The van der Waals surface area contributed by atoms with Gasteiger partial charge in [0.25, 0.3) is 0 Å². The van der Waals surface area contributed by atoms with Crippen LogP contribution in [0.4, 0.5) is 25.5 Å². The third-order valence-electron chi connectivity index (χ3n) is 0.582. The molecule has 0 N–H and O–H groups in total. The molecule has 0 heterocycles. The number of hydrogen-bond acceptors (Lipinski definition) is 0. The second-order valence-corrected chi connectivity index (χ2v) is 3.50. The molecule has 0 rings (SSSR count). The minimum atomic E-state index is -6.52. The molecule has 0 aliphatic heterocycles. The average Bonchev–Trinajstić information content (AvgIpc) is 1.65. The first-order valence-electron chi connectivity index (χ1n) is 1.83. The minimum absolute atomic E-state index is 4.16. The Balaban J connectivity index is 4.01. The van der Waals surface area contributed by atoms with Crippen molar-refractivity contribution in [3.8, 4) is 0 Å². The number of halogens is 6. The van der Waals surface area contributed by atoms with Gasteiger partial charge in [0, 0.05) is 0 Å². The lowest BCUT2D eigenvalue weighted by molar-refractivity contribution is 0.577. The monoisotopic (exact) mass is 164 g/mol. The topological polar surface area (TPSA) is 0 Å². The molecule has 9 heavy (non-hydrogen) atoms. The van der Waals surface area contributed by atoms with Crippen molar-refractivity contribution in [1.82, 2.24) is 0 Å². The van der Waals surface area contributed by atoms with Gasteiger partial charge >= 0.3 is 22.2 Å². The molecule has 0 saturated heterocycles. The molecular formula is B2F6Si. The molecule has 0 aromatic heterocycles. The molecule has 0 nitrogen and oxygen atoms in total. The number of hydrogen-bond donors (Lipinski definition) is 0. The molecule has 0 aromatic carbocycles. The van der Waals surface area contributed by atoms with Crippen molar-refractivity contribution in [1.29, 1.82) is 0 Å². The summed E-state index contributed by atoms with van der Waals surface area (Å²) >= 11 is 0. The Morgan fingerprint density at radius 2 is 1.00 bits per heavy atom. The molecule has 0 aliphatic rings. The van der Waals surface area contributed by atoms with E-state index in [0.29, 0.717) is 0 Å². The van der Waals surface area contributed by atoms with E-state index < -0.39 is 22.2 Å². The predicted molar refractivity (Wildman–Crippen MR) is 23.9 cm³/mol. The summed E-state index contributed by atoms with van der Waals surface area (Å²) in [6.45, 7) is -8.31. The van der Waals surface area contributed by atoms with Crippen LogP contribution in [-0.2, 0) is 0 Å². The van der Waals surface area contributed by atoms with E-state index in [1.807, 2.05) is 0 Å². The van der Waals surface area contributed by atoms with Gasteiger partial charge in [-0.25, -0.2) is 0 Å². The molecule has 0 radical (unpaired) electrons. The van der Waals surface area contributed by atoms with Crippen molar-refractivity contribution in [3.63, 3.8) is 0 Å². The smallest absolute Gasteiger partial charge is 0.284 e. The Labute approximate surface area is 48.8 Å². The van der Waals surface area contributed by atoms with Gasteiger partial charge < -0.3 is 0 Å². The van der Waals surface area contributed by atoms with Crippen LogP contribution in [0.25, 0.3) is 0 Å². The zero-order valence-electron chi connectivity index (χ0n) is 3.92. The van der Waals surface area contributed by atoms with Crippen molar-refractivity contribution < 1.29 is 25.5 Å². The molecule has 0 aliphatic carbocycles. The van der Waals surface area contributed by atoms with Crippen molar-refractivity contribution >= 4 is 22.2 Å². The van der Waals surface area contributed by atoms with Crippen LogP contribution < -0.4 is 0 Å². The molecule has 52 valence electrons. The van der Waals surface area contributed by atoms with Crippen molar-refractivity contribution in [2.75, 3.05) is 0 Å². The molecular weight excluding hydrogens is 164 g/mol. The Morgan fingerprint density at radius 3 is 1.00 bits per heavy atom. The van der Waals surface area contributed by atoms with E-state index in [1.54, 1.807) is 0 Å². The maximum absolute atomic E-state index is 11.3. The number of rotatable bonds is 2. The van der Waals surface area contributed by atoms with Crippen molar-refractivity contribution in [3.05, 3.63) is 0 Å². The molecule has 0 aromatic rings. The van der Waals surface area contributed by atoms with E-state index in [-0.39, 0.29) is 0 Å². The van der Waals surface area contributed by atoms with Gasteiger partial charge in [0.2, 0.25) is 0 Å². The van der Waals surface area contributed by atoms with E-state index in [9.17, 15) is 25.5 Å². The van der Waals surface area contributed by atoms with Crippen LogP contribution >= 0.6 is 0 Å². The van der Waals surface area contributed by atoms with E-state index in [2.05, 4.69) is 0 Å². The highest BCUT2D eigenvalue weighted by Crippen LogP contribution is 2.18. The van der Waals surface area contributed by atoms with Gasteiger partial charge in [0.15, 0.2) is 0 Å². The first-order valence-corrected chi connectivity index (χ1v) is 3.74. The average molecular weight is 164 g/mol. The molecule has 9 heteroatoms. The fourth-order valence-corrected chi connectivity index (χ4v) is 0.286. The van der Waals surface area contributed by atoms with Crippen molar-refractivity contribution in [2.45, 2.75) is 0 Å². The molecule has 0 atom stereocenters. The van der Waals surface area contributed by atoms with Crippen LogP contribution in [0.2, 0.25) is 0 Å². The second kappa shape index (κ2) is 2.67. The molecule has 0 spiro atoms. The first kappa shape index (κ1) is 8.93. The minimum Gasteiger partial charge on any atom is -0.284 e. The Hall–Kier alpha value is -0.0732. The quantitative estimate of drug-likeness (QED) is 0.328. The van der Waals surface area contributed by atoms with E-state index >= 15 is 0 Å². The van der Waals surface area contributed by atoms with Gasteiger partial charge in [-0.2, -0.15) is 0 Å². The summed E-state index contributed by atoms with van der Waals surface area (Å²) in [5.41, 5.74) is 0. The lowest BCUT2D eigenvalue weighted by Gasteiger charge is -2.02. The van der Waals surface area contributed by atoms with Crippen LogP contribution in [0, 0.1) is 0 Å². The zero-order valence-corrected chi connectivity index (χ0v) is 4.92. The maximum Gasteiger partial charge on any atom is 0.586 e. The summed E-state index contributed by atoms with van der Waals surface area (Å²) in [7, 11) is -6.52. The van der Waals surface area contributed by atoms with Crippen LogP contribution in [0.3, 0.4) is 0 Å². The summed E-state index contributed by atoms with van der Waals surface area (Å²) < 4.78 is 66.2. The van der Waals surface area contributed by atoms with Crippen molar-refractivity contribution in [2.24, 2.45) is 0 Å². The lowest BCUT2D eigenvalue weighted by Crippen LogP contribution is -2.48. The molecule has 0 bridgehead atoms. The SMILES string of the molecule is FB(F)[Si](F)(F)B(F)F. The van der Waals surface area contributed by atoms with Gasteiger partial charge in [-0.05, 0) is 0 Å². The fourth-order valence-electron chi connectivity index (χ4n) is 0.0952. The van der Waals surface area contributed by atoms with Crippen LogP contribution in [0.5, 0.6) is 0 Å². The predicted octanol–water partition coefficient (Wildman–Crippen LogP) is 1.38. The summed E-state index contributed by atoms with van der Waals surface area (Å²) in [6.07, 6.45) is 0. The molecule has 0 unspecified atom stereocenters. The Bertz CT molecular complexity index is 79.1. The molecule has 0 saturated carbocycles. The highest BCUT2D eigenvalue weighted by Gasteiger charge is 2.65. The van der Waals surface area contributed by atoms with E-state index in [1.165, 1.54) is 0 Å². The summed E-state index contributed by atoms with van der Waals surface area (Å²) in [6, 6.07) is 0. The fraction of sp³-hybridized carbons (Fsp3) is 0. The van der Waals surface area contributed by atoms with Gasteiger partial charge in [-0.1, -0.05) is 0 Å². The van der Waals surface area contributed by atoms with Crippen LogP contribution in [0.15, 0.2) is 0 Å². The molecule has 0 amide bonds. The van der Waals surface area contributed by atoms with E-state index in [4.69, 9.17) is 0 Å². The third kappa shape index (κ3) is 1.96.